The predicted octanol–water partition coefficient (Wildman–Crippen LogP) is 4.45. The molecular weight excluding hydrogens is 380 g/mol. The predicted molar refractivity (Wildman–Crippen MR) is 112 cm³/mol. The van der Waals surface area contributed by atoms with Gasteiger partial charge in [-0.1, -0.05) is 30.3 Å². The molecule has 1 atom stereocenters. The lowest BCUT2D eigenvalue weighted by Crippen LogP contribution is -2.47. The molecule has 0 spiro atoms. The Balaban J connectivity index is 2.21. The van der Waals surface area contributed by atoms with Crippen LogP contribution in [-0.4, -0.2) is 39.6 Å². The lowest BCUT2D eigenvalue weighted by molar-refractivity contribution is -0.142. The maximum Gasteiger partial charge on any atom is 0.242 e. The molecule has 1 aromatic heterocycles. The molecule has 146 valence electrons. The zero-order chi connectivity index (χ0) is 20.0. The highest BCUT2D eigenvalue weighted by molar-refractivity contribution is 7.10. The summed E-state index contributed by atoms with van der Waals surface area (Å²) in [4.78, 5) is 30.0. The maximum atomic E-state index is 13.1. The first-order chi connectivity index (χ1) is 12.8. The van der Waals surface area contributed by atoms with E-state index in [4.69, 9.17) is 11.6 Å². The van der Waals surface area contributed by atoms with Gasteiger partial charge in [0.2, 0.25) is 11.8 Å². The minimum absolute atomic E-state index is 0.0326. The van der Waals surface area contributed by atoms with Crippen molar-refractivity contribution in [1.29, 1.82) is 0 Å². The number of hydrogen-bond acceptors (Lipinski definition) is 3. The summed E-state index contributed by atoms with van der Waals surface area (Å²) in [5.41, 5.74) is 2.24. The Morgan fingerprint density at radius 3 is 2.26 bits per heavy atom. The molecule has 0 bridgehead atoms. The number of carbonyl (C=O) groups excluding carboxylic acids is 2. The van der Waals surface area contributed by atoms with Crippen LogP contribution in [0.25, 0.3) is 0 Å². The van der Waals surface area contributed by atoms with Gasteiger partial charge in [-0.25, -0.2) is 0 Å². The normalized spacial score (nSPS) is 12.1. The standard InChI is InChI=1S/C21H27ClN2O2S/c1-15(2)24(21(26)17(4)22)14-20(25)23(12-18-8-6-5-7-9-18)13-19-16(3)10-11-27-19/h5-11,15,17H,12-14H2,1-4H3/t17-/m0/s1. The molecule has 1 heterocycles. The van der Waals surface area contributed by atoms with E-state index in [0.29, 0.717) is 13.1 Å². The third-order valence-electron chi connectivity index (χ3n) is 4.42. The molecule has 2 aromatic rings. The van der Waals surface area contributed by atoms with Gasteiger partial charge in [-0.05, 0) is 50.3 Å². The zero-order valence-electron chi connectivity index (χ0n) is 16.3. The Kier molecular flexibility index (Phi) is 7.87. The fourth-order valence-electron chi connectivity index (χ4n) is 2.76. The van der Waals surface area contributed by atoms with E-state index in [9.17, 15) is 9.59 Å². The summed E-state index contributed by atoms with van der Waals surface area (Å²) in [6.45, 7) is 8.56. The quantitative estimate of drug-likeness (QED) is 0.607. The SMILES string of the molecule is Cc1ccsc1CN(Cc1ccccc1)C(=O)CN(C(=O)[C@H](C)Cl)C(C)C. The molecule has 27 heavy (non-hydrogen) atoms. The molecule has 0 fully saturated rings. The van der Waals surface area contributed by atoms with E-state index in [0.717, 1.165) is 10.4 Å². The fourth-order valence-corrected chi connectivity index (χ4v) is 3.81. The van der Waals surface area contributed by atoms with E-state index in [1.807, 2.05) is 54.5 Å². The van der Waals surface area contributed by atoms with E-state index in [2.05, 4.69) is 13.0 Å². The summed E-state index contributed by atoms with van der Waals surface area (Å²) in [7, 11) is 0. The van der Waals surface area contributed by atoms with Crippen molar-refractivity contribution < 1.29 is 9.59 Å². The lowest BCUT2D eigenvalue weighted by Gasteiger charge is -2.31. The number of halogens is 1. The molecule has 0 saturated carbocycles. The molecule has 6 heteroatoms. The molecule has 0 aliphatic heterocycles. The van der Waals surface area contributed by atoms with Gasteiger partial charge in [0.15, 0.2) is 0 Å². The Morgan fingerprint density at radius 2 is 1.74 bits per heavy atom. The number of alkyl halides is 1. The number of carbonyl (C=O) groups is 2. The van der Waals surface area contributed by atoms with Gasteiger partial charge >= 0.3 is 0 Å². The maximum absolute atomic E-state index is 13.1. The molecule has 2 rings (SSSR count). The Morgan fingerprint density at radius 1 is 1.07 bits per heavy atom. The molecule has 0 N–H and O–H groups in total. The van der Waals surface area contributed by atoms with Crippen molar-refractivity contribution in [2.75, 3.05) is 6.54 Å². The molecule has 1 aromatic carbocycles. The van der Waals surface area contributed by atoms with Gasteiger partial charge in [0, 0.05) is 17.5 Å². The van der Waals surface area contributed by atoms with Gasteiger partial charge in [-0.2, -0.15) is 0 Å². The molecule has 0 aliphatic carbocycles. The summed E-state index contributed by atoms with van der Waals surface area (Å²) in [6, 6.07) is 11.9. The molecule has 0 saturated heterocycles. The molecule has 2 amide bonds. The van der Waals surface area contributed by atoms with Crippen LogP contribution in [-0.2, 0) is 22.7 Å². The van der Waals surface area contributed by atoms with E-state index in [1.54, 1.807) is 23.2 Å². The van der Waals surface area contributed by atoms with Gasteiger partial charge in [-0.15, -0.1) is 22.9 Å². The molecular formula is C21H27ClN2O2S. The molecule has 4 nitrogen and oxygen atoms in total. The van der Waals surface area contributed by atoms with E-state index >= 15 is 0 Å². The zero-order valence-corrected chi connectivity index (χ0v) is 17.9. The van der Waals surface area contributed by atoms with Crippen LogP contribution in [0.5, 0.6) is 0 Å². The lowest BCUT2D eigenvalue weighted by atomic mass is 10.2. The number of amides is 2. The van der Waals surface area contributed by atoms with Crippen LogP contribution in [0.2, 0.25) is 0 Å². The van der Waals surface area contributed by atoms with Gasteiger partial charge < -0.3 is 9.80 Å². The monoisotopic (exact) mass is 406 g/mol. The second kappa shape index (κ2) is 9.90. The first-order valence-electron chi connectivity index (χ1n) is 9.08. The van der Waals surface area contributed by atoms with Crippen LogP contribution < -0.4 is 0 Å². The average Bonchev–Trinajstić information content (AvgIpc) is 3.03. The van der Waals surface area contributed by atoms with E-state index in [1.165, 1.54) is 5.56 Å². The van der Waals surface area contributed by atoms with Crippen molar-refractivity contribution in [1.82, 2.24) is 9.80 Å². The van der Waals surface area contributed by atoms with Crippen LogP contribution in [0.15, 0.2) is 41.8 Å². The average molecular weight is 407 g/mol. The van der Waals surface area contributed by atoms with Gasteiger partial charge in [0.25, 0.3) is 0 Å². The highest BCUT2D eigenvalue weighted by Crippen LogP contribution is 2.20. The Bertz CT molecular complexity index is 759. The van der Waals surface area contributed by atoms with Crippen molar-refractivity contribution in [2.45, 2.75) is 52.2 Å². The van der Waals surface area contributed by atoms with Crippen LogP contribution in [0, 0.1) is 6.92 Å². The second-order valence-electron chi connectivity index (χ2n) is 6.94. The van der Waals surface area contributed by atoms with Crippen LogP contribution in [0.3, 0.4) is 0 Å². The minimum Gasteiger partial charge on any atom is -0.332 e. The number of benzene rings is 1. The van der Waals surface area contributed by atoms with Gasteiger partial charge in [0.1, 0.15) is 11.9 Å². The largest absolute Gasteiger partial charge is 0.332 e. The first-order valence-corrected chi connectivity index (χ1v) is 10.4. The number of nitrogens with zero attached hydrogens (tertiary/aromatic N) is 2. The van der Waals surface area contributed by atoms with E-state index < -0.39 is 5.38 Å². The van der Waals surface area contributed by atoms with Gasteiger partial charge in [0.05, 0.1) is 6.54 Å². The number of hydrogen-bond donors (Lipinski definition) is 0. The number of aryl methyl sites for hydroxylation is 1. The van der Waals surface area contributed by atoms with Crippen molar-refractivity contribution in [3.8, 4) is 0 Å². The highest BCUT2D eigenvalue weighted by Gasteiger charge is 2.26. The van der Waals surface area contributed by atoms with Crippen LogP contribution in [0.4, 0.5) is 0 Å². The second-order valence-corrected chi connectivity index (χ2v) is 8.59. The highest BCUT2D eigenvalue weighted by atomic mass is 35.5. The summed E-state index contributed by atoms with van der Waals surface area (Å²) in [5, 5.41) is 1.39. The first kappa shape index (κ1) is 21.5. The van der Waals surface area contributed by atoms with Crippen molar-refractivity contribution in [3.63, 3.8) is 0 Å². The molecule has 0 unspecified atom stereocenters. The third-order valence-corrected chi connectivity index (χ3v) is 5.62. The summed E-state index contributed by atoms with van der Waals surface area (Å²) in [5.74, 6) is -0.294. The molecule has 0 radical (unpaired) electrons. The van der Waals surface area contributed by atoms with Crippen LogP contribution >= 0.6 is 22.9 Å². The van der Waals surface area contributed by atoms with Crippen LogP contribution in [0.1, 0.15) is 36.8 Å². The minimum atomic E-state index is -0.651. The smallest absolute Gasteiger partial charge is 0.242 e. The fraction of sp³-hybridized carbons (Fsp3) is 0.429. The summed E-state index contributed by atoms with van der Waals surface area (Å²) in [6.07, 6.45) is 0. The van der Waals surface area contributed by atoms with E-state index in [-0.39, 0.29) is 24.4 Å². The molecule has 0 aliphatic rings. The summed E-state index contributed by atoms with van der Waals surface area (Å²) < 4.78 is 0. The van der Waals surface area contributed by atoms with Crippen molar-refractivity contribution >= 4 is 34.8 Å². The van der Waals surface area contributed by atoms with Gasteiger partial charge in [-0.3, -0.25) is 9.59 Å². The summed E-state index contributed by atoms with van der Waals surface area (Å²) >= 11 is 7.63. The Hall–Kier alpha value is -1.85. The topological polar surface area (TPSA) is 40.6 Å². The third kappa shape index (κ3) is 6.08. The number of thiophene rings is 1. The Labute approximate surface area is 170 Å². The van der Waals surface area contributed by atoms with Crippen molar-refractivity contribution in [2.24, 2.45) is 0 Å². The van der Waals surface area contributed by atoms with Crippen molar-refractivity contribution in [3.05, 3.63) is 57.8 Å². The number of rotatable bonds is 8.